The van der Waals surface area contributed by atoms with Gasteiger partial charge in [-0.05, 0) is 29.9 Å². The van der Waals surface area contributed by atoms with Crippen LogP contribution in [0.5, 0.6) is 5.75 Å². The van der Waals surface area contributed by atoms with Gasteiger partial charge < -0.3 is 10.5 Å². The molecule has 0 saturated carbocycles. The Balaban J connectivity index is 1.83. The zero-order chi connectivity index (χ0) is 14.7. The van der Waals surface area contributed by atoms with Gasteiger partial charge in [0.1, 0.15) is 5.75 Å². The summed E-state index contributed by atoms with van der Waals surface area (Å²) in [5.41, 5.74) is 2.31. The van der Waals surface area contributed by atoms with E-state index in [9.17, 15) is 5.11 Å². The lowest BCUT2D eigenvalue weighted by Crippen LogP contribution is -2.02. The second-order valence-corrected chi connectivity index (χ2v) is 5.15. The summed E-state index contributed by atoms with van der Waals surface area (Å²) in [5, 5.41) is 20.4. The van der Waals surface area contributed by atoms with E-state index in [0.717, 1.165) is 17.2 Å². The Morgan fingerprint density at radius 1 is 0.857 bits per heavy atom. The molecule has 3 aromatic carbocycles. The maximum atomic E-state index is 10.4. The molecule has 0 aromatic heterocycles. The Morgan fingerprint density at radius 2 is 1.57 bits per heavy atom. The summed E-state index contributed by atoms with van der Waals surface area (Å²) in [7, 11) is 0. The first-order valence-electron chi connectivity index (χ1n) is 7.08. The number of phenolic OH excluding ortho intramolecular Hbond substituents is 1. The van der Waals surface area contributed by atoms with E-state index in [1.807, 2.05) is 54.6 Å². The molecule has 0 spiro atoms. The minimum Gasteiger partial charge on any atom is -0.507 e. The number of hydrogen-bond acceptors (Lipinski definition) is 2. The van der Waals surface area contributed by atoms with Gasteiger partial charge in [0.2, 0.25) is 0 Å². The standard InChI is InChI=1S/C19H17NO/c20-18(13-10-14-6-2-1-3-7-14)17-12-11-15-8-4-5-9-16(15)19(17)21/h1-9,11-12,20-21H,10,13H2. The normalized spacial score (nSPS) is 10.7. The van der Waals surface area contributed by atoms with Crippen LogP contribution in [0.25, 0.3) is 10.8 Å². The highest BCUT2D eigenvalue weighted by atomic mass is 16.3. The summed E-state index contributed by atoms with van der Waals surface area (Å²) in [6.45, 7) is 0. The lowest BCUT2D eigenvalue weighted by molar-refractivity contribution is 0.480. The number of benzene rings is 3. The first-order chi connectivity index (χ1) is 10.3. The summed E-state index contributed by atoms with van der Waals surface area (Å²) in [6.07, 6.45) is 1.43. The van der Waals surface area contributed by atoms with Gasteiger partial charge >= 0.3 is 0 Å². The number of phenols is 1. The Bertz CT molecular complexity index is 778. The number of nitrogens with one attached hydrogen (secondary N) is 1. The molecule has 2 heteroatoms. The van der Waals surface area contributed by atoms with Crippen LogP contribution in [0, 0.1) is 5.41 Å². The van der Waals surface area contributed by atoms with Crippen LogP contribution in [0.3, 0.4) is 0 Å². The Morgan fingerprint density at radius 3 is 2.38 bits per heavy atom. The molecule has 0 atom stereocenters. The van der Waals surface area contributed by atoms with Gasteiger partial charge in [0.25, 0.3) is 0 Å². The molecule has 21 heavy (non-hydrogen) atoms. The average molecular weight is 275 g/mol. The van der Waals surface area contributed by atoms with E-state index in [-0.39, 0.29) is 5.75 Å². The van der Waals surface area contributed by atoms with Gasteiger partial charge in [-0.3, -0.25) is 0 Å². The van der Waals surface area contributed by atoms with E-state index in [4.69, 9.17) is 5.41 Å². The molecule has 3 aromatic rings. The summed E-state index contributed by atoms with van der Waals surface area (Å²) < 4.78 is 0. The Kier molecular flexibility index (Phi) is 3.69. The molecule has 0 aliphatic heterocycles. The van der Waals surface area contributed by atoms with E-state index < -0.39 is 0 Å². The van der Waals surface area contributed by atoms with Gasteiger partial charge in [0.15, 0.2) is 0 Å². The fourth-order valence-electron chi connectivity index (χ4n) is 2.55. The molecule has 0 amide bonds. The monoisotopic (exact) mass is 275 g/mol. The lowest BCUT2D eigenvalue weighted by atomic mass is 9.98. The third-order valence-corrected chi connectivity index (χ3v) is 3.73. The molecule has 0 heterocycles. The first-order valence-corrected chi connectivity index (χ1v) is 7.08. The van der Waals surface area contributed by atoms with Crippen molar-refractivity contribution in [1.82, 2.24) is 0 Å². The number of fused-ring (bicyclic) bond motifs is 1. The van der Waals surface area contributed by atoms with Crippen LogP contribution in [0.1, 0.15) is 17.5 Å². The second kappa shape index (κ2) is 5.80. The van der Waals surface area contributed by atoms with Gasteiger partial charge in [-0.25, -0.2) is 0 Å². The predicted octanol–water partition coefficient (Wildman–Crippen LogP) is 4.55. The van der Waals surface area contributed by atoms with Gasteiger partial charge in [-0.15, -0.1) is 0 Å². The van der Waals surface area contributed by atoms with E-state index in [0.29, 0.717) is 17.7 Å². The summed E-state index contributed by atoms with van der Waals surface area (Å²) in [4.78, 5) is 0. The quantitative estimate of drug-likeness (QED) is 0.674. The zero-order valence-electron chi connectivity index (χ0n) is 11.7. The first kappa shape index (κ1) is 13.4. The molecule has 0 unspecified atom stereocenters. The van der Waals surface area contributed by atoms with E-state index in [1.54, 1.807) is 0 Å². The topological polar surface area (TPSA) is 44.1 Å². The third kappa shape index (κ3) is 2.79. The molecular weight excluding hydrogens is 258 g/mol. The van der Waals surface area contributed by atoms with Crippen LogP contribution in [-0.2, 0) is 6.42 Å². The van der Waals surface area contributed by atoms with Crippen LogP contribution in [0.2, 0.25) is 0 Å². The lowest BCUT2D eigenvalue weighted by Gasteiger charge is -2.09. The van der Waals surface area contributed by atoms with E-state index >= 15 is 0 Å². The minimum atomic E-state index is 0.214. The van der Waals surface area contributed by atoms with Crippen molar-refractivity contribution in [2.24, 2.45) is 0 Å². The maximum absolute atomic E-state index is 10.4. The van der Waals surface area contributed by atoms with Crippen LogP contribution in [0.4, 0.5) is 0 Å². The van der Waals surface area contributed by atoms with Crippen molar-refractivity contribution < 1.29 is 5.11 Å². The van der Waals surface area contributed by atoms with Gasteiger partial charge in [-0.2, -0.15) is 0 Å². The summed E-state index contributed by atoms with van der Waals surface area (Å²) >= 11 is 0. The Hall–Kier alpha value is -2.61. The molecule has 0 saturated heterocycles. The van der Waals surface area contributed by atoms with Gasteiger partial charge in [0, 0.05) is 16.7 Å². The maximum Gasteiger partial charge on any atom is 0.132 e. The van der Waals surface area contributed by atoms with Gasteiger partial charge in [-0.1, -0.05) is 60.7 Å². The van der Waals surface area contributed by atoms with Crippen LogP contribution in [-0.4, -0.2) is 10.8 Å². The number of aryl methyl sites for hydroxylation is 1. The van der Waals surface area contributed by atoms with Gasteiger partial charge in [0.05, 0.1) is 0 Å². The zero-order valence-corrected chi connectivity index (χ0v) is 11.7. The molecular formula is C19H17NO. The van der Waals surface area contributed by atoms with Crippen molar-refractivity contribution in [3.8, 4) is 5.75 Å². The second-order valence-electron chi connectivity index (χ2n) is 5.15. The summed E-state index contributed by atoms with van der Waals surface area (Å²) in [5.74, 6) is 0.214. The molecule has 0 bridgehead atoms. The predicted molar refractivity (Wildman–Crippen MR) is 87.2 cm³/mol. The summed E-state index contributed by atoms with van der Waals surface area (Å²) in [6, 6.07) is 21.6. The van der Waals surface area contributed by atoms with Crippen LogP contribution >= 0.6 is 0 Å². The van der Waals surface area contributed by atoms with Crippen molar-refractivity contribution >= 4 is 16.5 Å². The number of hydrogen-bond donors (Lipinski definition) is 2. The smallest absolute Gasteiger partial charge is 0.132 e. The van der Waals surface area contributed by atoms with Crippen molar-refractivity contribution in [1.29, 1.82) is 5.41 Å². The Labute approximate surface area is 124 Å². The fraction of sp³-hybridized carbons (Fsp3) is 0.105. The number of aromatic hydroxyl groups is 1. The van der Waals surface area contributed by atoms with E-state index in [1.165, 1.54) is 5.56 Å². The molecule has 104 valence electrons. The highest BCUT2D eigenvalue weighted by Crippen LogP contribution is 2.29. The van der Waals surface area contributed by atoms with Crippen molar-refractivity contribution in [3.63, 3.8) is 0 Å². The van der Waals surface area contributed by atoms with Crippen LogP contribution < -0.4 is 0 Å². The minimum absolute atomic E-state index is 0.214. The molecule has 3 rings (SSSR count). The molecule has 2 nitrogen and oxygen atoms in total. The fourth-order valence-corrected chi connectivity index (χ4v) is 2.55. The molecule has 2 N–H and O–H groups in total. The average Bonchev–Trinajstić information content (AvgIpc) is 2.54. The van der Waals surface area contributed by atoms with E-state index in [2.05, 4.69) is 12.1 Å². The largest absolute Gasteiger partial charge is 0.507 e. The highest BCUT2D eigenvalue weighted by molar-refractivity contribution is 6.06. The third-order valence-electron chi connectivity index (χ3n) is 3.73. The van der Waals surface area contributed by atoms with Crippen molar-refractivity contribution in [3.05, 3.63) is 77.9 Å². The van der Waals surface area contributed by atoms with Crippen molar-refractivity contribution in [2.45, 2.75) is 12.8 Å². The molecule has 0 radical (unpaired) electrons. The molecule has 0 aliphatic rings. The number of rotatable bonds is 4. The highest BCUT2D eigenvalue weighted by Gasteiger charge is 2.10. The SMILES string of the molecule is N=C(CCc1ccccc1)c1ccc2ccccc2c1O. The molecule has 0 fully saturated rings. The van der Waals surface area contributed by atoms with Crippen molar-refractivity contribution in [2.75, 3.05) is 0 Å². The van der Waals surface area contributed by atoms with Crippen LogP contribution in [0.15, 0.2) is 66.7 Å². The molecule has 0 aliphatic carbocycles.